The van der Waals surface area contributed by atoms with E-state index in [1.54, 1.807) is 0 Å². The Hall–Kier alpha value is -1.61. The number of rotatable bonds is 3. The Kier molecular flexibility index (Phi) is 2.60. The lowest BCUT2D eigenvalue weighted by Gasteiger charge is -2.01. The van der Waals surface area contributed by atoms with Gasteiger partial charge in [-0.15, -0.1) is 0 Å². The Morgan fingerprint density at radius 1 is 1.14 bits per heavy atom. The van der Waals surface area contributed by atoms with Crippen LogP contribution in [0.2, 0.25) is 0 Å². The Balaban J connectivity index is 2.11. The molecule has 0 saturated heterocycles. The molecule has 0 unspecified atom stereocenters. The van der Waals surface area contributed by atoms with E-state index in [1.165, 1.54) is 11.1 Å². The minimum atomic E-state index is 0.601. The summed E-state index contributed by atoms with van der Waals surface area (Å²) in [5, 5.41) is 0. The van der Waals surface area contributed by atoms with Crippen molar-refractivity contribution in [2.24, 2.45) is 5.73 Å². The molecule has 0 fully saturated rings. The number of hydrogen-bond acceptors (Lipinski definition) is 2. The van der Waals surface area contributed by atoms with Crippen molar-refractivity contribution in [2.75, 3.05) is 0 Å². The third kappa shape index (κ3) is 2.00. The van der Waals surface area contributed by atoms with E-state index in [9.17, 15) is 0 Å². The van der Waals surface area contributed by atoms with E-state index in [-0.39, 0.29) is 0 Å². The highest BCUT2D eigenvalue weighted by molar-refractivity contribution is 5.14. The van der Waals surface area contributed by atoms with Crippen molar-refractivity contribution in [1.29, 1.82) is 0 Å². The summed E-state index contributed by atoms with van der Waals surface area (Å²) in [5.41, 5.74) is 7.95. The van der Waals surface area contributed by atoms with Crippen molar-refractivity contribution in [3.8, 4) is 0 Å². The molecule has 0 bridgehead atoms. The number of nitrogens with two attached hydrogens (primary N) is 1. The zero-order valence-corrected chi connectivity index (χ0v) is 7.93. The second-order valence-electron chi connectivity index (χ2n) is 3.25. The summed E-state index contributed by atoms with van der Waals surface area (Å²) >= 11 is 0. The zero-order chi connectivity index (χ0) is 9.80. The maximum absolute atomic E-state index is 5.53. The third-order valence-corrected chi connectivity index (χ3v) is 2.16. The molecule has 2 N–H and O–H groups in total. The first-order valence-corrected chi connectivity index (χ1v) is 4.62. The maximum atomic E-state index is 5.53. The Morgan fingerprint density at radius 2 is 1.93 bits per heavy atom. The van der Waals surface area contributed by atoms with Crippen LogP contribution in [0.1, 0.15) is 11.1 Å². The molecule has 2 heterocycles. The van der Waals surface area contributed by atoms with Crippen molar-refractivity contribution in [1.82, 2.24) is 9.55 Å². The van der Waals surface area contributed by atoms with Gasteiger partial charge in [-0.3, -0.25) is 4.98 Å². The Morgan fingerprint density at radius 3 is 2.57 bits per heavy atom. The minimum absolute atomic E-state index is 0.601. The van der Waals surface area contributed by atoms with Crippen LogP contribution >= 0.6 is 0 Å². The van der Waals surface area contributed by atoms with Gasteiger partial charge < -0.3 is 10.3 Å². The predicted molar refractivity (Wildman–Crippen MR) is 55.7 cm³/mol. The first-order valence-electron chi connectivity index (χ1n) is 4.62. The first kappa shape index (κ1) is 8.97. The quantitative estimate of drug-likeness (QED) is 0.789. The van der Waals surface area contributed by atoms with E-state index in [4.69, 9.17) is 5.73 Å². The van der Waals surface area contributed by atoms with E-state index >= 15 is 0 Å². The fourth-order valence-corrected chi connectivity index (χ4v) is 1.41. The number of aromatic nitrogens is 2. The average molecular weight is 187 g/mol. The van der Waals surface area contributed by atoms with E-state index in [2.05, 4.69) is 15.7 Å². The van der Waals surface area contributed by atoms with Gasteiger partial charge in [-0.05, 0) is 29.3 Å². The summed E-state index contributed by atoms with van der Waals surface area (Å²) in [5.74, 6) is 0. The fraction of sp³-hybridized carbons (Fsp3) is 0.182. The molecule has 14 heavy (non-hydrogen) atoms. The number of hydrogen-bond donors (Lipinski definition) is 1. The summed E-state index contributed by atoms with van der Waals surface area (Å²) in [6, 6.07) is 6.07. The monoisotopic (exact) mass is 187 g/mol. The second kappa shape index (κ2) is 4.07. The van der Waals surface area contributed by atoms with E-state index in [1.807, 2.05) is 36.8 Å². The van der Waals surface area contributed by atoms with Gasteiger partial charge >= 0.3 is 0 Å². The molecule has 0 aliphatic carbocycles. The molecule has 0 saturated carbocycles. The minimum Gasteiger partial charge on any atom is -0.350 e. The SMILES string of the molecule is NCc1ccn(Cc2ccncc2)c1. The molecule has 0 aliphatic heterocycles. The molecule has 72 valence electrons. The van der Waals surface area contributed by atoms with Crippen molar-refractivity contribution in [3.63, 3.8) is 0 Å². The van der Waals surface area contributed by atoms with Gasteiger partial charge in [-0.1, -0.05) is 0 Å². The lowest BCUT2D eigenvalue weighted by molar-refractivity contribution is 0.800. The van der Waals surface area contributed by atoms with Crippen LogP contribution in [0.5, 0.6) is 0 Å². The summed E-state index contributed by atoms with van der Waals surface area (Å²) in [6.45, 7) is 1.48. The van der Waals surface area contributed by atoms with Gasteiger partial charge in [0.15, 0.2) is 0 Å². The third-order valence-electron chi connectivity index (χ3n) is 2.16. The van der Waals surface area contributed by atoms with Crippen LogP contribution in [0.4, 0.5) is 0 Å². The standard InChI is InChI=1S/C11H13N3/c12-7-11-3-6-14(9-11)8-10-1-4-13-5-2-10/h1-6,9H,7-8,12H2. The van der Waals surface area contributed by atoms with E-state index < -0.39 is 0 Å². The highest BCUT2D eigenvalue weighted by Gasteiger charge is 1.95. The largest absolute Gasteiger partial charge is 0.350 e. The Bertz CT molecular complexity index is 392. The van der Waals surface area contributed by atoms with Crippen LogP contribution in [0.15, 0.2) is 43.0 Å². The molecular formula is C11H13N3. The maximum Gasteiger partial charge on any atom is 0.0471 e. The fourth-order valence-electron chi connectivity index (χ4n) is 1.41. The molecule has 0 radical (unpaired) electrons. The zero-order valence-electron chi connectivity index (χ0n) is 7.93. The lowest BCUT2D eigenvalue weighted by Crippen LogP contribution is -1.97. The van der Waals surface area contributed by atoms with Crippen LogP contribution in [0, 0.1) is 0 Å². The molecule has 0 aromatic carbocycles. The predicted octanol–water partition coefficient (Wildman–Crippen LogP) is 1.39. The van der Waals surface area contributed by atoms with Crippen LogP contribution < -0.4 is 5.73 Å². The highest BCUT2D eigenvalue weighted by atomic mass is 14.9. The van der Waals surface area contributed by atoms with Crippen LogP contribution in [-0.4, -0.2) is 9.55 Å². The second-order valence-corrected chi connectivity index (χ2v) is 3.25. The van der Waals surface area contributed by atoms with Crippen LogP contribution in [-0.2, 0) is 13.1 Å². The lowest BCUT2D eigenvalue weighted by atomic mass is 10.3. The van der Waals surface area contributed by atoms with Crippen molar-refractivity contribution in [3.05, 3.63) is 54.1 Å². The van der Waals surface area contributed by atoms with Gasteiger partial charge in [0.2, 0.25) is 0 Å². The van der Waals surface area contributed by atoms with Crippen molar-refractivity contribution < 1.29 is 0 Å². The summed E-state index contributed by atoms with van der Waals surface area (Å²) in [7, 11) is 0. The summed E-state index contributed by atoms with van der Waals surface area (Å²) < 4.78 is 2.12. The highest BCUT2D eigenvalue weighted by Crippen LogP contribution is 2.04. The molecular weight excluding hydrogens is 174 g/mol. The molecule has 0 atom stereocenters. The first-order chi connectivity index (χ1) is 6.88. The number of pyridine rings is 1. The topological polar surface area (TPSA) is 43.8 Å². The van der Waals surface area contributed by atoms with Crippen molar-refractivity contribution >= 4 is 0 Å². The van der Waals surface area contributed by atoms with Gasteiger partial charge in [0.25, 0.3) is 0 Å². The molecule has 2 rings (SSSR count). The van der Waals surface area contributed by atoms with Crippen molar-refractivity contribution in [2.45, 2.75) is 13.1 Å². The molecule has 2 aromatic heterocycles. The van der Waals surface area contributed by atoms with E-state index in [0.29, 0.717) is 6.54 Å². The van der Waals surface area contributed by atoms with Gasteiger partial charge in [0.1, 0.15) is 0 Å². The van der Waals surface area contributed by atoms with Gasteiger partial charge in [-0.25, -0.2) is 0 Å². The molecule has 3 nitrogen and oxygen atoms in total. The molecule has 0 amide bonds. The van der Waals surface area contributed by atoms with Gasteiger partial charge in [0.05, 0.1) is 0 Å². The van der Waals surface area contributed by atoms with Crippen LogP contribution in [0.25, 0.3) is 0 Å². The molecule has 3 heteroatoms. The molecule has 2 aromatic rings. The summed E-state index contributed by atoms with van der Waals surface area (Å²) in [6.07, 6.45) is 7.73. The normalized spacial score (nSPS) is 10.4. The molecule has 0 aliphatic rings. The van der Waals surface area contributed by atoms with Gasteiger partial charge in [-0.2, -0.15) is 0 Å². The van der Waals surface area contributed by atoms with E-state index in [0.717, 1.165) is 6.54 Å². The Labute approximate surface area is 83.2 Å². The average Bonchev–Trinajstić information content (AvgIpc) is 2.67. The summed E-state index contributed by atoms with van der Waals surface area (Å²) in [4.78, 5) is 3.98. The molecule has 0 spiro atoms. The smallest absolute Gasteiger partial charge is 0.0471 e. The van der Waals surface area contributed by atoms with Crippen LogP contribution in [0.3, 0.4) is 0 Å². The van der Waals surface area contributed by atoms with Gasteiger partial charge in [0, 0.05) is 37.9 Å². The number of nitrogens with zero attached hydrogens (tertiary/aromatic N) is 2.